The Morgan fingerprint density at radius 1 is 1.19 bits per heavy atom. The highest BCUT2D eigenvalue weighted by molar-refractivity contribution is 14.0. The fraction of sp³-hybridized carbons (Fsp3) is 0.263. The fourth-order valence-electron chi connectivity index (χ4n) is 2.31. The number of ether oxygens (including phenoxy) is 1. The molecular formula is C19H25IN4O2. The standard InChI is InChI=1S/C19H24N4O2.HI/c1-23(2)18(24)15-7-4-6-14(12-15)10-11-21-19(20)22-16-8-5-9-17(13-16)25-3;/h4-9,12-13H,10-11H2,1-3H3,(H3,20,21,22);1H. The van der Waals surface area contributed by atoms with E-state index in [1.807, 2.05) is 48.5 Å². The highest BCUT2D eigenvalue weighted by Crippen LogP contribution is 2.16. The number of nitrogens with two attached hydrogens (primary N) is 1. The van der Waals surface area contributed by atoms with Gasteiger partial charge in [-0.3, -0.25) is 9.79 Å². The number of hydrogen-bond acceptors (Lipinski definition) is 3. The predicted molar refractivity (Wildman–Crippen MR) is 117 cm³/mol. The van der Waals surface area contributed by atoms with E-state index in [2.05, 4.69) is 10.3 Å². The molecule has 0 aliphatic heterocycles. The number of carbonyl (C=O) groups excluding carboxylic acids is 1. The van der Waals surface area contributed by atoms with Crippen molar-refractivity contribution in [3.8, 4) is 5.75 Å². The number of guanidine groups is 1. The van der Waals surface area contributed by atoms with Crippen molar-refractivity contribution in [2.24, 2.45) is 10.7 Å². The smallest absolute Gasteiger partial charge is 0.253 e. The van der Waals surface area contributed by atoms with E-state index in [4.69, 9.17) is 10.5 Å². The Hall–Kier alpha value is -2.29. The predicted octanol–water partition coefficient (Wildman–Crippen LogP) is 2.98. The maximum Gasteiger partial charge on any atom is 0.253 e. The molecule has 0 radical (unpaired) electrons. The molecule has 0 heterocycles. The van der Waals surface area contributed by atoms with Crippen LogP contribution in [0, 0.1) is 0 Å². The molecular weight excluding hydrogens is 443 g/mol. The lowest BCUT2D eigenvalue weighted by Gasteiger charge is -2.11. The summed E-state index contributed by atoms with van der Waals surface area (Å²) in [6.45, 7) is 0.530. The van der Waals surface area contributed by atoms with Crippen LogP contribution in [-0.2, 0) is 6.42 Å². The summed E-state index contributed by atoms with van der Waals surface area (Å²) in [6, 6.07) is 15.0. The average Bonchev–Trinajstić information content (AvgIpc) is 2.61. The number of halogens is 1. The Morgan fingerprint density at radius 2 is 1.92 bits per heavy atom. The Kier molecular flexibility index (Phi) is 8.91. The average molecular weight is 468 g/mol. The summed E-state index contributed by atoms with van der Waals surface area (Å²) in [5.74, 6) is 1.08. The molecule has 0 spiro atoms. The Bertz CT molecular complexity index is 763. The van der Waals surface area contributed by atoms with Crippen molar-refractivity contribution in [1.82, 2.24) is 4.90 Å². The molecule has 6 nitrogen and oxygen atoms in total. The normalized spacial score (nSPS) is 10.7. The van der Waals surface area contributed by atoms with E-state index in [0.717, 1.165) is 17.0 Å². The summed E-state index contributed by atoms with van der Waals surface area (Å²) < 4.78 is 5.17. The van der Waals surface area contributed by atoms with Gasteiger partial charge in [-0.15, -0.1) is 24.0 Å². The number of nitrogens with zero attached hydrogens (tertiary/aromatic N) is 2. The van der Waals surface area contributed by atoms with Crippen LogP contribution in [0.15, 0.2) is 53.5 Å². The van der Waals surface area contributed by atoms with Crippen LogP contribution in [0.5, 0.6) is 5.75 Å². The van der Waals surface area contributed by atoms with Gasteiger partial charge in [-0.05, 0) is 36.2 Å². The van der Waals surface area contributed by atoms with Gasteiger partial charge in [-0.2, -0.15) is 0 Å². The summed E-state index contributed by atoms with van der Waals surface area (Å²) in [5.41, 5.74) is 8.46. The number of benzene rings is 2. The molecule has 26 heavy (non-hydrogen) atoms. The van der Waals surface area contributed by atoms with E-state index in [-0.39, 0.29) is 29.9 Å². The van der Waals surface area contributed by atoms with Gasteiger partial charge < -0.3 is 20.7 Å². The molecule has 0 fully saturated rings. The van der Waals surface area contributed by atoms with Crippen LogP contribution >= 0.6 is 24.0 Å². The topological polar surface area (TPSA) is 80.0 Å². The number of aliphatic imine (C=N–C) groups is 1. The number of methoxy groups -OCH3 is 1. The molecule has 7 heteroatoms. The quantitative estimate of drug-likeness (QED) is 0.388. The fourth-order valence-corrected chi connectivity index (χ4v) is 2.31. The van der Waals surface area contributed by atoms with E-state index < -0.39 is 0 Å². The minimum atomic E-state index is -0.00967. The molecule has 140 valence electrons. The van der Waals surface area contributed by atoms with Crippen LogP contribution in [0.4, 0.5) is 5.69 Å². The van der Waals surface area contributed by atoms with E-state index >= 15 is 0 Å². The highest BCUT2D eigenvalue weighted by Gasteiger charge is 2.07. The number of nitrogens with one attached hydrogen (secondary N) is 1. The van der Waals surface area contributed by atoms with Crippen molar-refractivity contribution in [2.75, 3.05) is 33.1 Å². The second-order valence-corrected chi connectivity index (χ2v) is 5.77. The van der Waals surface area contributed by atoms with Crippen molar-refractivity contribution in [3.05, 3.63) is 59.7 Å². The Balaban J connectivity index is 0.00000338. The van der Waals surface area contributed by atoms with Crippen molar-refractivity contribution in [2.45, 2.75) is 6.42 Å². The van der Waals surface area contributed by atoms with Gasteiger partial charge in [0.1, 0.15) is 5.75 Å². The molecule has 2 rings (SSSR count). The first-order chi connectivity index (χ1) is 12.0. The van der Waals surface area contributed by atoms with Crippen molar-refractivity contribution < 1.29 is 9.53 Å². The van der Waals surface area contributed by atoms with Gasteiger partial charge in [0.05, 0.1) is 7.11 Å². The number of rotatable bonds is 6. The molecule has 2 aromatic rings. The first-order valence-electron chi connectivity index (χ1n) is 8.01. The van der Waals surface area contributed by atoms with E-state index in [9.17, 15) is 4.79 Å². The third kappa shape index (κ3) is 6.55. The van der Waals surface area contributed by atoms with Crippen LogP contribution in [0.25, 0.3) is 0 Å². The maximum atomic E-state index is 12.0. The zero-order chi connectivity index (χ0) is 18.2. The van der Waals surface area contributed by atoms with Gasteiger partial charge in [0.2, 0.25) is 0 Å². The zero-order valence-corrected chi connectivity index (χ0v) is 17.6. The molecule has 0 saturated heterocycles. The largest absolute Gasteiger partial charge is 0.497 e. The number of hydrogen-bond donors (Lipinski definition) is 2. The number of carbonyl (C=O) groups is 1. The van der Waals surface area contributed by atoms with Crippen molar-refractivity contribution >= 4 is 41.5 Å². The van der Waals surface area contributed by atoms with Gasteiger partial charge in [-0.25, -0.2) is 0 Å². The molecule has 1 amide bonds. The van der Waals surface area contributed by atoms with E-state index in [1.54, 1.807) is 26.1 Å². The minimum Gasteiger partial charge on any atom is -0.497 e. The van der Waals surface area contributed by atoms with E-state index in [0.29, 0.717) is 24.5 Å². The van der Waals surface area contributed by atoms with Crippen molar-refractivity contribution in [3.63, 3.8) is 0 Å². The number of anilines is 1. The summed E-state index contributed by atoms with van der Waals surface area (Å²) in [6.07, 6.45) is 0.703. The van der Waals surface area contributed by atoms with Gasteiger partial charge in [0.25, 0.3) is 5.91 Å². The lowest BCUT2D eigenvalue weighted by atomic mass is 10.1. The Morgan fingerprint density at radius 3 is 2.62 bits per heavy atom. The highest BCUT2D eigenvalue weighted by atomic mass is 127. The van der Waals surface area contributed by atoms with Gasteiger partial charge in [-0.1, -0.05) is 18.2 Å². The zero-order valence-electron chi connectivity index (χ0n) is 15.2. The molecule has 3 N–H and O–H groups in total. The first-order valence-corrected chi connectivity index (χ1v) is 8.01. The summed E-state index contributed by atoms with van der Waals surface area (Å²) >= 11 is 0. The molecule has 0 bridgehead atoms. The lowest BCUT2D eigenvalue weighted by molar-refractivity contribution is 0.0827. The van der Waals surface area contributed by atoms with Crippen LogP contribution in [0.1, 0.15) is 15.9 Å². The third-order valence-corrected chi connectivity index (χ3v) is 3.60. The minimum absolute atomic E-state index is 0. The molecule has 0 aliphatic carbocycles. The lowest BCUT2D eigenvalue weighted by Crippen LogP contribution is -2.23. The monoisotopic (exact) mass is 468 g/mol. The van der Waals surface area contributed by atoms with Crippen LogP contribution < -0.4 is 15.8 Å². The molecule has 0 unspecified atom stereocenters. The van der Waals surface area contributed by atoms with Crippen LogP contribution in [0.3, 0.4) is 0 Å². The van der Waals surface area contributed by atoms with E-state index in [1.165, 1.54) is 0 Å². The molecule has 0 saturated carbocycles. The second-order valence-electron chi connectivity index (χ2n) is 5.77. The van der Waals surface area contributed by atoms with Gasteiger partial charge in [0.15, 0.2) is 5.96 Å². The number of amides is 1. The SMILES string of the molecule is COc1cccc(NC(N)=NCCc2cccc(C(=O)N(C)C)c2)c1.I. The van der Waals surface area contributed by atoms with Gasteiger partial charge >= 0.3 is 0 Å². The second kappa shape index (κ2) is 10.6. The van der Waals surface area contributed by atoms with Crippen LogP contribution in [0.2, 0.25) is 0 Å². The van der Waals surface area contributed by atoms with Crippen molar-refractivity contribution in [1.29, 1.82) is 0 Å². The summed E-state index contributed by atoms with van der Waals surface area (Å²) in [7, 11) is 5.10. The summed E-state index contributed by atoms with van der Waals surface area (Å²) in [5, 5.41) is 3.03. The molecule has 0 aromatic heterocycles. The summed E-state index contributed by atoms with van der Waals surface area (Å²) in [4.78, 5) is 17.9. The first kappa shape index (κ1) is 21.8. The molecule has 0 atom stereocenters. The maximum absolute atomic E-state index is 12.0. The third-order valence-electron chi connectivity index (χ3n) is 3.60. The Labute approximate surface area is 171 Å². The van der Waals surface area contributed by atoms with Gasteiger partial charge in [0, 0.05) is 38.0 Å². The molecule has 0 aliphatic rings. The molecule has 2 aromatic carbocycles. The van der Waals surface area contributed by atoms with Crippen LogP contribution in [-0.4, -0.2) is 44.5 Å².